The van der Waals surface area contributed by atoms with Crippen molar-refractivity contribution >= 4 is 93.9 Å². The fourth-order valence-electron chi connectivity index (χ4n) is 11.3. The number of nitrogens with zero attached hydrogens (tertiary/aromatic N) is 5. The molecule has 4 saturated heterocycles. The molecule has 8 rings (SSSR count). The molecule has 89 heavy (non-hydrogen) atoms. The topological polar surface area (TPSA) is 303 Å². The number of hydrogen-bond acceptors (Lipinski definition) is 21. The number of carbonyl (C=O) groups excluding carboxylic acids is 7. The summed E-state index contributed by atoms with van der Waals surface area (Å²) in [7, 11) is 0. The first kappa shape index (κ1) is 68.4. The third kappa shape index (κ3) is 20.0. The zero-order valence-corrected chi connectivity index (χ0v) is 52.9. The van der Waals surface area contributed by atoms with E-state index in [1.54, 1.807) is 40.3 Å². The predicted octanol–water partition coefficient (Wildman–Crippen LogP) is 5.63. The number of anilines is 4. The molecule has 4 aliphatic heterocycles. The number of imide groups is 1. The molecule has 5 aliphatic rings. The van der Waals surface area contributed by atoms with Gasteiger partial charge in [0.1, 0.15) is 16.4 Å². The highest BCUT2D eigenvalue weighted by Crippen LogP contribution is 2.44. The van der Waals surface area contributed by atoms with Crippen molar-refractivity contribution in [2.75, 3.05) is 153 Å². The smallest absolute Gasteiger partial charge is 0.407 e. The minimum absolute atomic E-state index is 0.00347. The molecule has 1 aliphatic carbocycles. The number of piperidine rings is 2. The average molecular weight is 1280 g/mol. The molecule has 4 fully saturated rings. The SMILES string of the molecule is C[C@@H]1OCC2(CCN(c3cnc(Sc4cccc(NC(=O)CCC(=O)N5CCN(C(=O)CCOCCOCCOCCOCCOCCOCCNc6cccc7c6C(=O)C(C6CCC(=O)NC6=O)C=C7)CC5)c4Cl)c(N)n3)CC2)[C@@H]1NC(=O)OC(C)(C)C. The van der Waals surface area contributed by atoms with Crippen molar-refractivity contribution in [2.45, 2.75) is 100 Å². The summed E-state index contributed by atoms with van der Waals surface area (Å²) in [6.07, 6.45) is 6.96. The number of halogens is 1. The Hall–Kier alpha value is -6.49. The highest BCUT2D eigenvalue weighted by molar-refractivity contribution is 7.99. The number of fused-ring (bicyclic) bond motifs is 1. The van der Waals surface area contributed by atoms with Gasteiger partial charge in [-0.25, -0.2) is 14.8 Å². The van der Waals surface area contributed by atoms with Gasteiger partial charge in [0.15, 0.2) is 11.6 Å². The lowest BCUT2D eigenvalue weighted by molar-refractivity contribution is -0.140. The van der Waals surface area contributed by atoms with Crippen LogP contribution in [0.25, 0.3) is 6.08 Å². The zero-order valence-electron chi connectivity index (χ0n) is 51.3. The van der Waals surface area contributed by atoms with Gasteiger partial charge in [-0.15, -0.1) is 0 Å². The van der Waals surface area contributed by atoms with Crippen molar-refractivity contribution in [3.63, 3.8) is 0 Å². The number of nitrogens with two attached hydrogens (primary N) is 1. The molecule has 0 bridgehead atoms. The van der Waals surface area contributed by atoms with Crippen molar-refractivity contribution in [3.8, 4) is 0 Å². The van der Waals surface area contributed by atoms with E-state index in [0.717, 1.165) is 18.4 Å². The first-order valence-electron chi connectivity index (χ1n) is 30.6. The Morgan fingerprint density at radius 3 is 2.00 bits per heavy atom. The molecule has 27 heteroatoms. The van der Waals surface area contributed by atoms with E-state index in [4.69, 9.17) is 55.2 Å². The minimum atomic E-state index is -0.617. The van der Waals surface area contributed by atoms with E-state index < -0.39 is 29.4 Å². The number of nitrogen functional groups attached to an aromatic ring is 1. The molecule has 486 valence electrons. The number of alkyl carbamates (subject to hydrolysis) is 1. The van der Waals surface area contributed by atoms with Crippen molar-refractivity contribution in [3.05, 3.63) is 64.8 Å². The second-order valence-corrected chi connectivity index (χ2v) is 24.8. The van der Waals surface area contributed by atoms with Gasteiger partial charge in [0.05, 0.1) is 133 Å². The van der Waals surface area contributed by atoms with E-state index in [0.29, 0.717) is 169 Å². The maximum absolute atomic E-state index is 13.5. The van der Waals surface area contributed by atoms with Crippen LogP contribution in [0.15, 0.2) is 58.6 Å². The van der Waals surface area contributed by atoms with Crippen molar-refractivity contribution in [1.29, 1.82) is 0 Å². The van der Waals surface area contributed by atoms with E-state index in [1.165, 1.54) is 11.8 Å². The van der Waals surface area contributed by atoms with Crippen LogP contribution < -0.4 is 31.9 Å². The van der Waals surface area contributed by atoms with Crippen LogP contribution in [0.5, 0.6) is 0 Å². The van der Waals surface area contributed by atoms with E-state index in [1.807, 2.05) is 52.0 Å². The number of rotatable bonds is 31. The molecular formula is C62H85ClN10O15S. The van der Waals surface area contributed by atoms with Crippen LogP contribution in [0.4, 0.5) is 27.8 Å². The van der Waals surface area contributed by atoms with Crippen molar-refractivity contribution in [2.24, 2.45) is 17.3 Å². The second-order valence-electron chi connectivity index (χ2n) is 23.4. The number of carbonyl (C=O) groups is 7. The second kappa shape index (κ2) is 33.5. The van der Waals surface area contributed by atoms with Crippen LogP contribution in [-0.2, 0) is 61.9 Å². The Balaban J connectivity index is 0.595. The highest BCUT2D eigenvalue weighted by atomic mass is 35.5. The Morgan fingerprint density at radius 2 is 1.38 bits per heavy atom. The zero-order chi connectivity index (χ0) is 63.3. The van der Waals surface area contributed by atoms with Crippen LogP contribution in [0, 0.1) is 17.3 Å². The lowest BCUT2D eigenvalue weighted by Gasteiger charge is -2.43. The number of nitrogens with one attached hydrogen (secondary N) is 4. The van der Waals surface area contributed by atoms with Gasteiger partial charge in [0.25, 0.3) is 0 Å². The Morgan fingerprint density at radius 1 is 0.787 bits per heavy atom. The molecule has 1 aromatic heterocycles. The molecule has 1 spiro atoms. The standard InChI is InChI=1S/C62H85ClN10O15S/c1-41-56(70-60(80)88-61(2,3)4)62(40-87-41)18-21-71(22-19-62)48-39-66-59(57(64)68-48)89-47-10-6-9-46(54(47)63)67-49(74)15-16-51(76)72-23-25-73(26-24-72)52(77)17-27-81-29-31-83-33-35-85-37-38-86-36-34-84-32-30-82-28-20-65-45-8-5-7-42-11-12-43(55(78)53(42)45)44-13-14-50(75)69-58(44)79/h5-12,39,41,43-44,56,65H,13-38,40H2,1-4H3,(H2,64,68)(H,67,74)(H,70,80)(H,69,75,79)/t41-,43?,44?,56+/m0/s1. The Kier molecular flexibility index (Phi) is 25.8. The number of amides is 6. The van der Waals surface area contributed by atoms with E-state index in [-0.39, 0.29) is 85.1 Å². The number of hydrogen-bond donors (Lipinski definition) is 5. The lowest BCUT2D eigenvalue weighted by atomic mass is 9.73. The molecule has 6 amide bonds. The number of Topliss-reactive ketones (excluding diaryl/α,β-unsaturated/α-hetero) is 1. The summed E-state index contributed by atoms with van der Waals surface area (Å²) >= 11 is 8.02. The fraction of sp³-hybridized carbons (Fsp3) is 0.597. The summed E-state index contributed by atoms with van der Waals surface area (Å²) in [6.45, 7) is 15.9. The van der Waals surface area contributed by atoms with E-state index in [2.05, 4.69) is 36.1 Å². The average Bonchev–Trinajstić information content (AvgIpc) is 2.52. The minimum Gasteiger partial charge on any atom is -0.444 e. The van der Waals surface area contributed by atoms with Crippen molar-refractivity contribution < 1.29 is 71.5 Å². The molecule has 0 saturated carbocycles. The molecule has 4 atom stereocenters. The summed E-state index contributed by atoms with van der Waals surface area (Å²) < 4.78 is 45.2. The van der Waals surface area contributed by atoms with Gasteiger partial charge in [-0.05, 0) is 70.7 Å². The van der Waals surface area contributed by atoms with Crippen LogP contribution in [0.1, 0.15) is 88.6 Å². The molecule has 2 unspecified atom stereocenters. The van der Waals surface area contributed by atoms with Gasteiger partial charge < -0.3 is 74.3 Å². The fourth-order valence-corrected chi connectivity index (χ4v) is 12.4. The third-order valence-corrected chi connectivity index (χ3v) is 17.6. The van der Waals surface area contributed by atoms with Crippen LogP contribution >= 0.6 is 23.4 Å². The number of ketones is 1. The first-order valence-corrected chi connectivity index (χ1v) is 31.8. The van der Waals surface area contributed by atoms with Crippen molar-refractivity contribution in [1.82, 2.24) is 30.4 Å². The van der Waals surface area contributed by atoms with Gasteiger partial charge in [-0.1, -0.05) is 53.7 Å². The van der Waals surface area contributed by atoms with E-state index in [9.17, 15) is 33.6 Å². The normalized spacial score (nSPS) is 19.9. The summed E-state index contributed by atoms with van der Waals surface area (Å²) in [5, 5.41) is 12.3. The molecule has 6 N–H and O–H groups in total. The van der Waals surface area contributed by atoms with Crippen LogP contribution in [0.3, 0.4) is 0 Å². The molecular weight excluding hydrogens is 1190 g/mol. The summed E-state index contributed by atoms with van der Waals surface area (Å²) in [5.74, 6) is -1.77. The molecule has 5 heterocycles. The number of aromatic nitrogens is 2. The summed E-state index contributed by atoms with van der Waals surface area (Å²) in [4.78, 5) is 105. The van der Waals surface area contributed by atoms with Crippen LogP contribution in [0.2, 0.25) is 5.02 Å². The van der Waals surface area contributed by atoms with Gasteiger partial charge in [-0.2, -0.15) is 0 Å². The number of piperazine rings is 1. The maximum Gasteiger partial charge on any atom is 0.407 e. The van der Waals surface area contributed by atoms with Gasteiger partial charge in [0, 0.05) is 86.6 Å². The van der Waals surface area contributed by atoms with Gasteiger partial charge >= 0.3 is 6.09 Å². The summed E-state index contributed by atoms with van der Waals surface area (Å²) in [5.41, 5.74) is 8.00. The van der Waals surface area contributed by atoms with Gasteiger partial charge in [0.2, 0.25) is 29.5 Å². The molecule has 3 aromatic rings. The molecule has 0 radical (unpaired) electrons. The first-order chi connectivity index (χ1) is 42.9. The largest absolute Gasteiger partial charge is 0.444 e. The van der Waals surface area contributed by atoms with E-state index >= 15 is 0 Å². The summed E-state index contributed by atoms with van der Waals surface area (Å²) in [6, 6.07) is 10.6. The molecule has 2 aromatic carbocycles. The Bertz CT molecular complexity index is 2960. The van der Waals surface area contributed by atoms with Crippen LogP contribution in [-0.4, -0.2) is 211 Å². The number of allylic oxidation sites excluding steroid dienone is 1. The lowest BCUT2D eigenvalue weighted by Crippen LogP contribution is -2.55. The third-order valence-electron chi connectivity index (χ3n) is 16.0. The van der Waals surface area contributed by atoms with Gasteiger partial charge in [-0.3, -0.25) is 34.1 Å². The predicted molar refractivity (Wildman–Crippen MR) is 333 cm³/mol. The monoisotopic (exact) mass is 1280 g/mol. The number of benzene rings is 2. The quantitative estimate of drug-likeness (QED) is 0.0385. The highest BCUT2D eigenvalue weighted by Gasteiger charge is 2.51. The number of ether oxygens (including phenoxy) is 8. The Labute approximate surface area is 528 Å². The maximum atomic E-state index is 13.5. The molecule has 25 nitrogen and oxygen atoms in total.